The Morgan fingerprint density at radius 1 is 0.380 bits per heavy atom. The van der Waals surface area contributed by atoms with Crippen LogP contribution < -0.4 is 0 Å². The molecule has 0 fully saturated rings. The Labute approximate surface area is 292 Å². The molecule has 3 aromatic heterocycles. The van der Waals surface area contributed by atoms with Crippen molar-refractivity contribution in [2.45, 2.75) is 0 Å². The highest BCUT2D eigenvalue weighted by Crippen LogP contribution is 2.46. The number of rotatable bonds is 5. The number of nitrogens with zero attached hydrogens (tertiary/aromatic N) is 4. The lowest BCUT2D eigenvalue weighted by molar-refractivity contribution is 1.06. The summed E-state index contributed by atoms with van der Waals surface area (Å²) in [5.41, 5.74) is 8.37. The monoisotopic (exact) mass is 656 g/mol. The fourth-order valence-corrected chi connectivity index (χ4v) is 8.48. The minimum Gasteiger partial charge on any atom is -0.308 e. The van der Waals surface area contributed by atoms with Gasteiger partial charge < -0.3 is 4.57 Å². The van der Waals surface area contributed by atoms with Crippen molar-refractivity contribution in [2.75, 3.05) is 0 Å². The minimum absolute atomic E-state index is 0.624. The van der Waals surface area contributed by atoms with E-state index in [0.29, 0.717) is 17.5 Å². The van der Waals surface area contributed by atoms with Crippen molar-refractivity contribution in [1.82, 2.24) is 19.5 Å². The summed E-state index contributed by atoms with van der Waals surface area (Å²) in [6.07, 6.45) is 0. The van der Waals surface area contributed by atoms with Crippen molar-refractivity contribution in [1.29, 1.82) is 0 Å². The fourth-order valence-electron chi connectivity index (χ4n) is 7.22. The largest absolute Gasteiger partial charge is 0.308 e. The molecule has 0 atom stereocenters. The molecule has 4 nitrogen and oxygen atoms in total. The predicted molar refractivity (Wildman–Crippen MR) is 209 cm³/mol. The summed E-state index contributed by atoms with van der Waals surface area (Å²) in [7, 11) is 0. The highest BCUT2D eigenvalue weighted by Gasteiger charge is 2.24. The number of fused-ring (bicyclic) bond motifs is 7. The first kappa shape index (κ1) is 28.6. The summed E-state index contributed by atoms with van der Waals surface area (Å²) in [5, 5.41) is 5.07. The van der Waals surface area contributed by atoms with Crippen LogP contribution in [0.4, 0.5) is 0 Å². The lowest BCUT2D eigenvalue weighted by Gasteiger charge is -2.19. The molecule has 5 heteroatoms. The third-order valence-corrected chi connectivity index (χ3v) is 10.7. The molecule has 0 saturated carbocycles. The summed E-state index contributed by atoms with van der Waals surface area (Å²) < 4.78 is 5.03. The molecule has 0 unspecified atom stereocenters. The fraction of sp³-hybridized carbons (Fsp3) is 0. The molecule has 0 radical (unpaired) electrons. The molecule has 0 spiro atoms. The Hall–Kier alpha value is -6.43. The van der Waals surface area contributed by atoms with Gasteiger partial charge >= 0.3 is 0 Å². The molecule has 0 aliphatic heterocycles. The molecular weight excluding hydrogens is 629 g/mol. The molecule has 0 N–H and O–H groups in total. The van der Waals surface area contributed by atoms with Crippen molar-refractivity contribution < 1.29 is 0 Å². The topological polar surface area (TPSA) is 43.6 Å². The molecule has 3 heterocycles. The van der Waals surface area contributed by atoms with Crippen LogP contribution in [0.1, 0.15) is 0 Å². The molecule has 0 aliphatic carbocycles. The summed E-state index contributed by atoms with van der Waals surface area (Å²) in [6, 6.07) is 59.5. The number of thiophene rings is 1. The van der Waals surface area contributed by atoms with Crippen molar-refractivity contribution >= 4 is 53.3 Å². The van der Waals surface area contributed by atoms with Gasteiger partial charge in [0.25, 0.3) is 0 Å². The van der Waals surface area contributed by atoms with Crippen LogP contribution in [0.25, 0.3) is 93.0 Å². The lowest BCUT2D eigenvalue weighted by atomic mass is 9.98. The average molecular weight is 657 g/mol. The van der Waals surface area contributed by atoms with Gasteiger partial charge in [0.05, 0.1) is 16.7 Å². The van der Waals surface area contributed by atoms with E-state index in [1.165, 1.54) is 30.9 Å². The predicted octanol–water partition coefficient (Wildman–Crippen LogP) is 12.0. The van der Waals surface area contributed by atoms with Crippen LogP contribution in [0.3, 0.4) is 0 Å². The van der Waals surface area contributed by atoms with E-state index in [4.69, 9.17) is 15.0 Å². The summed E-state index contributed by atoms with van der Waals surface area (Å²) in [4.78, 5) is 15.4. The van der Waals surface area contributed by atoms with Gasteiger partial charge in [0.15, 0.2) is 17.5 Å². The van der Waals surface area contributed by atoms with Gasteiger partial charge in [0.2, 0.25) is 0 Å². The van der Waals surface area contributed by atoms with Crippen molar-refractivity contribution in [3.8, 4) is 51.0 Å². The van der Waals surface area contributed by atoms with Crippen LogP contribution in [0.5, 0.6) is 0 Å². The van der Waals surface area contributed by atoms with Crippen LogP contribution in [0.2, 0.25) is 0 Å². The number of para-hydroxylation sites is 2. The first-order valence-corrected chi connectivity index (χ1v) is 17.5. The molecule has 10 rings (SSSR count). The highest BCUT2D eigenvalue weighted by atomic mass is 32.1. The highest BCUT2D eigenvalue weighted by molar-refractivity contribution is 7.26. The van der Waals surface area contributed by atoms with Crippen LogP contribution >= 0.6 is 11.3 Å². The normalized spacial score (nSPS) is 11.6. The van der Waals surface area contributed by atoms with Gasteiger partial charge in [-0.25, -0.2) is 15.0 Å². The van der Waals surface area contributed by atoms with E-state index >= 15 is 0 Å². The van der Waals surface area contributed by atoms with E-state index in [0.717, 1.165) is 44.5 Å². The number of hydrogen-bond acceptors (Lipinski definition) is 4. The second-order valence-electron chi connectivity index (χ2n) is 12.4. The molecular formula is C45H28N4S. The average Bonchev–Trinajstić information content (AvgIpc) is 3.74. The van der Waals surface area contributed by atoms with Gasteiger partial charge in [-0.2, -0.15) is 0 Å². The van der Waals surface area contributed by atoms with E-state index in [2.05, 4.69) is 138 Å². The van der Waals surface area contributed by atoms with Gasteiger partial charge in [-0.15, -0.1) is 11.3 Å². The maximum atomic E-state index is 5.21. The Bertz CT molecular complexity index is 2800. The maximum Gasteiger partial charge on any atom is 0.166 e. The van der Waals surface area contributed by atoms with Crippen LogP contribution in [0, 0.1) is 0 Å². The smallest absolute Gasteiger partial charge is 0.166 e. The van der Waals surface area contributed by atoms with Crippen LogP contribution in [-0.4, -0.2) is 19.5 Å². The first-order chi connectivity index (χ1) is 24.8. The third-order valence-electron chi connectivity index (χ3n) is 9.46. The first-order valence-electron chi connectivity index (χ1n) is 16.7. The summed E-state index contributed by atoms with van der Waals surface area (Å²) in [5.74, 6) is 1.90. The van der Waals surface area contributed by atoms with E-state index < -0.39 is 0 Å². The Morgan fingerprint density at radius 2 is 0.940 bits per heavy atom. The van der Waals surface area contributed by atoms with Crippen LogP contribution in [-0.2, 0) is 0 Å². The molecule has 7 aromatic carbocycles. The Balaban J connectivity index is 1.34. The summed E-state index contributed by atoms with van der Waals surface area (Å²) >= 11 is 1.87. The van der Waals surface area contributed by atoms with Gasteiger partial charge in [0, 0.05) is 53.2 Å². The zero-order valence-electron chi connectivity index (χ0n) is 26.9. The quantitative estimate of drug-likeness (QED) is 0.185. The molecule has 234 valence electrons. The number of benzene rings is 7. The molecule has 0 bridgehead atoms. The van der Waals surface area contributed by atoms with E-state index in [-0.39, 0.29) is 0 Å². The number of aromatic nitrogens is 4. The Morgan fingerprint density at radius 3 is 1.64 bits per heavy atom. The van der Waals surface area contributed by atoms with Crippen molar-refractivity contribution in [3.63, 3.8) is 0 Å². The second kappa shape index (κ2) is 11.6. The van der Waals surface area contributed by atoms with Gasteiger partial charge in [0.1, 0.15) is 0 Å². The van der Waals surface area contributed by atoms with Crippen LogP contribution in [0.15, 0.2) is 170 Å². The SMILES string of the molecule is c1ccc(-c2nc(-c3ccccc3)nc(-c3cccc(-c4ccccc4)c3-n3c4ccccc4c4c5sc6ccccc6c5ccc43)n2)cc1. The van der Waals surface area contributed by atoms with Gasteiger partial charge in [-0.05, 0) is 29.8 Å². The third kappa shape index (κ3) is 4.55. The molecule has 0 saturated heterocycles. The molecule has 10 aromatic rings. The zero-order chi connectivity index (χ0) is 33.0. The molecule has 0 amide bonds. The van der Waals surface area contributed by atoms with E-state index in [1.54, 1.807) is 0 Å². The standard InChI is InChI=1S/C45H28N4S/c1-4-15-29(16-5-1)32-23-14-24-36(45-47-43(30-17-6-2-7-18-30)46-44(48-45)31-19-8-3-9-20-31)41(32)49-37-25-12-10-22-35(37)40-38(49)28-27-34-33-21-11-13-26-39(33)50-42(34)40/h1-28H. The molecule has 50 heavy (non-hydrogen) atoms. The zero-order valence-corrected chi connectivity index (χ0v) is 27.7. The maximum absolute atomic E-state index is 5.21. The van der Waals surface area contributed by atoms with E-state index in [9.17, 15) is 0 Å². The summed E-state index contributed by atoms with van der Waals surface area (Å²) in [6.45, 7) is 0. The Kier molecular flexibility index (Phi) is 6.64. The van der Waals surface area contributed by atoms with Gasteiger partial charge in [-0.3, -0.25) is 0 Å². The van der Waals surface area contributed by atoms with E-state index in [1.807, 2.05) is 47.7 Å². The lowest BCUT2D eigenvalue weighted by Crippen LogP contribution is -2.05. The number of hydrogen-bond donors (Lipinski definition) is 0. The van der Waals surface area contributed by atoms with Crippen molar-refractivity contribution in [3.05, 3.63) is 170 Å². The van der Waals surface area contributed by atoms with Crippen molar-refractivity contribution in [2.24, 2.45) is 0 Å². The minimum atomic E-state index is 0.624. The second-order valence-corrected chi connectivity index (χ2v) is 13.4. The molecule has 0 aliphatic rings. The van der Waals surface area contributed by atoms with Gasteiger partial charge in [-0.1, -0.05) is 146 Å².